The molecule has 3 aliphatic carbocycles. The summed E-state index contributed by atoms with van der Waals surface area (Å²) >= 11 is 0. The third kappa shape index (κ3) is 4.32. The van der Waals surface area contributed by atoms with Gasteiger partial charge in [0.25, 0.3) is 0 Å². The van der Waals surface area contributed by atoms with Crippen LogP contribution in [0.25, 0.3) is 6.08 Å². The first-order chi connectivity index (χ1) is 20.5. The molecule has 2 saturated carbocycles. The molecule has 9 heteroatoms. The Balaban J connectivity index is 1.26. The molecule has 0 radical (unpaired) electrons. The van der Waals surface area contributed by atoms with Crippen LogP contribution in [0.5, 0.6) is 11.5 Å². The zero-order chi connectivity index (χ0) is 30.3. The number of halogens is 3. The second-order valence-electron chi connectivity index (χ2n) is 13.4. The molecule has 230 valence electrons. The average Bonchev–Trinajstić information content (AvgIpc) is 3.71. The van der Waals surface area contributed by atoms with E-state index in [1.54, 1.807) is 18.1 Å². The summed E-state index contributed by atoms with van der Waals surface area (Å²) in [5, 5.41) is 12.8. The van der Waals surface area contributed by atoms with Crippen molar-refractivity contribution in [3.8, 4) is 11.5 Å². The number of carbonyl (C=O) groups excluding carboxylic acids is 1. The van der Waals surface area contributed by atoms with Crippen LogP contribution in [0.15, 0.2) is 42.5 Å². The fraction of sp³-hybridized carbons (Fsp3) is 0.559. The predicted molar refractivity (Wildman–Crippen MR) is 156 cm³/mol. The van der Waals surface area contributed by atoms with Crippen LogP contribution in [0.3, 0.4) is 0 Å². The Morgan fingerprint density at radius 2 is 2.00 bits per heavy atom. The van der Waals surface area contributed by atoms with Gasteiger partial charge in [-0.25, -0.2) is 0 Å². The third-order valence-electron chi connectivity index (χ3n) is 10.7. The van der Waals surface area contributed by atoms with Gasteiger partial charge in [0.1, 0.15) is 6.10 Å². The van der Waals surface area contributed by atoms with Crippen molar-refractivity contribution in [1.82, 2.24) is 9.80 Å². The molecule has 1 N–H and O–H groups in total. The number of hydrogen-bond donors (Lipinski definition) is 1. The van der Waals surface area contributed by atoms with Crippen LogP contribution in [-0.4, -0.2) is 70.8 Å². The van der Waals surface area contributed by atoms with Crippen molar-refractivity contribution in [2.45, 2.75) is 93.8 Å². The van der Waals surface area contributed by atoms with Gasteiger partial charge < -0.3 is 19.5 Å². The summed E-state index contributed by atoms with van der Waals surface area (Å²) in [6.07, 6.45) is 2.94. The summed E-state index contributed by atoms with van der Waals surface area (Å²) < 4.78 is 52.4. The first kappa shape index (κ1) is 28.7. The number of benzene rings is 2. The van der Waals surface area contributed by atoms with E-state index in [4.69, 9.17) is 9.47 Å². The fourth-order valence-electron chi connectivity index (χ4n) is 8.76. The van der Waals surface area contributed by atoms with Crippen molar-refractivity contribution >= 4 is 12.0 Å². The minimum absolute atomic E-state index is 0.0234. The van der Waals surface area contributed by atoms with Gasteiger partial charge in [-0.3, -0.25) is 9.69 Å². The van der Waals surface area contributed by atoms with E-state index in [-0.39, 0.29) is 24.0 Å². The average molecular weight is 597 g/mol. The number of alkyl halides is 3. The molecule has 0 aromatic heterocycles. The number of likely N-dealkylation sites (tertiary alicyclic amines) is 1. The van der Waals surface area contributed by atoms with Crippen LogP contribution in [0, 0.1) is 5.92 Å². The van der Waals surface area contributed by atoms with Gasteiger partial charge in [0.2, 0.25) is 5.91 Å². The minimum Gasteiger partial charge on any atom is -0.493 e. The molecule has 5 atom stereocenters. The summed E-state index contributed by atoms with van der Waals surface area (Å²) in [4.78, 5) is 18.2. The van der Waals surface area contributed by atoms with E-state index < -0.39 is 28.9 Å². The topological polar surface area (TPSA) is 62.2 Å². The number of hydrogen-bond acceptors (Lipinski definition) is 5. The highest BCUT2D eigenvalue weighted by Gasteiger charge is 2.73. The van der Waals surface area contributed by atoms with Crippen molar-refractivity contribution in [2.24, 2.45) is 5.92 Å². The Bertz CT molecular complexity index is 1470. The highest BCUT2D eigenvalue weighted by Crippen LogP contribution is 2.66. The zero-order valence-corrected chi connectivity index (χ0v) is 24.9. The lowest BCUT2D eigenvalue weighted by molar-refractivity contribution is -0.202. The van der Waals surface area contributed by atoms with Crippen LogP contribution in [0.1, 0.15) is 68.2 Å². The number of rotatable bonds is 7. The number of aliphatic hydroxyl groups is 1. The SMILES string of the molecule is COc1ccc2c3c1O[C@H]1[C@H](N(C(=O)C=Cc4cccc(C(F)(F)F)c4)C(C)C)CC[C@@]4(O)[C@@H](C2)N(CC2CC2)CC[C@]314. The van der Waals surface area contributed by atoms with Gasteiger partial charge in [-0.2, -0.15) is 13.2 Å². The number of piperidine rings is 1. The zero-order valence-electron chi connectivity index (χ0n) is 24.9. The van der Waals surface area contributed by atoms with E-state index in [0.29, 0.717) is 35.8 Å². The molecule has 6 nitrogen and oxygen atoms in total. The van der Waals surface area contributed by atoms with Crippen LogP contribution in [0.2, 0.25) is 0 Å². The standard InChI is InChI=1S/C34H39F3N2O4/c1-20(2)39(28(40)12-9-21-5-4-6-24(17-21)34(35,36)37)25-13-14-33(41)27-18-23-10-11-26(42-3)30-29(23)32(33,31(25)43-30)15-16-38(27)19-22-7-8-22/h4-6,9-12,17,20,22,25,27,31,41H,7-8,13-16,18-19H2,1-3H3/t25-,27-,31+,32+,33-/m1/s1. The molecule has 1 amide bonds. The summed E-state index contributed by atoms with van der Waals surface area (Å²) in [7, 11) is 1.62. The fourth-order valence-corrected chi connectivity index (χ4v) is 8.76. The Labute approximate surface area is 250 Å². The van der Waals surface area contributed by atoms with Crippen molar-refractivity contribution in [1.29, 1.82) is 0 Å². The maximum Gasteiger partial charge on any atom is 0.416 e. The minimum atomic E-state index is -4.46. The molecule has 0 unspecified atom stereocenters. The van der Waals surface area contributed by atoms with Gasteiger partial charge in [-0.05, 0) is 100 Å². The first-order valence-corrected chi connectivity index (χ1v) is 15.5. The molecule has 3 fully saturated rings. The van der Waals surface area contributed by atoms with E-state index in [1.807, 2.05) is 19.9 Å². The Kier molecular flexibility index (Phi) is 6.67. The number of nitrogens with zero attached hydrogens (tertiary/aromatic N) is 2. The number of ether oxygens (including phenoxy) is 2. The molecule has 2 aromatic carbocycles. The Morgan fingerprint density at radius 1 is 1.21 bits per heavy atom. The molecule has 2 aliphatic heterocycles. The lowest BCUT2D eigenvalue weighted by Gasteiger charge is -2.65. The highest BCUT2D eigenvalue weighted by atomic mass is 19.4. The van der Waals surface area contributed by atoms with Gasteiger partial charge in [0.05, 0.1) is 29.7 Å². The van der Waals surface area contributed by atoms with Gasteiger partial charge in [0.15, 0.2) is 11.5 Å². The van der Waals surface area contributed by atoms with Crippen LogP contribution >= 0.6 is 0 Å². The molecule has 7 rings (SSSR count). The molecule has 1 saturated heterocycles. The lowest BCUT2D eigenvalue weighted by atomic mass is 9.48. The van der Waals surface area contributed by atoms with Crippen molar-refractivity contribution in [2.75, 3.05) is 20.2 Å². The maximum absolute atomic E-state index is 13.9. The number of amides is 1. The largest absolute Gasteiger partial charge is 0.493 e. The van der Waals surface area contributed by atoms with Crippen molar-refractivity contribution in [3.63, 3.8) is 0 Å². The van der Waals surface area contributed by atoms with Gasteiger partial charge >= 0.3 is 6.18 Å². The lowest BCUT2D eigenvalue weighted by Crippen LogP contribution is -2.78. The van der Waals surface area contributed by atoms with Gasteiger partial charge in [-0.15, -0.1) is 0 Å². The highest BCUT2D eigenvalue weighted by molar-refractivity contribution is 5.92. The number of carbonyl (C=O) groups is 1. The molecule has 2 bridgehead atoms. The van der Waals surface area contributed by atoms with E-state index in [0.717, 1.165) is 43.6 Å². The van der Waals surface area contributed by atoms with Crippen molar-refractivity contribution in [3.05, 3.63) is 64.7 Å². The molecule has 43 heavy (non-hydrogen) atoms. The Morgan fingerprint density at radius 3 is 2.70 bits per heavy atom. The molecular weight excluding hydrogens is 557 g/mol. The van der Waals surface area contributed by atoms with Crippen LogP contribution in [-0.2, 0) is 22.8 Å². The van der Waals surface area contributed by atoms with Gasteiger partial charge in [0, 0.05) is 30.3 Å². The van der Waals surface area contributed by atoms with Crippen LogP contribution < -0.4 is 9.47 Å². The van der Waals surface area contributed by atoms with Gasteiger partial charge in [-0.1, -0.05) is 18.2 Å². The third-order valence-corrected chi connectivity index (χ3v) is 10.7. The normalized spacial score (nSPS) is 31.2. The molecule has 1 spiro atoms. The summed E-state index contributed by atoms with van der Waals surface area (Å²) in [5.74, 6) is 1.73. The number of methoxy groups -OCH3 is 1. The van der Waals surface area contributed by atoms with Crippen molar-refractivity contribution < 1.29 is 32.5 Å². The monoisotopic (exact) mass is 596 g/mol. The van der Waals surface area contributed by atoms with E-state index in [9.17, 15) is 23.1 Å². The molecule has 2 aromatic rings. The summed E-state index contributed by atoms with van der Waals surface area (Å²) in [5.41, 5.74) is 0.0840. The summed E-state index contributed by atoms with van der Waals surface area (Å²) in [6, 6.07) is 8.48. The molecule has 5 aliphatic rings. The van der Waals surface area contributed by atoms with Crippen LogP contribution in [0.4, 0.5) is 13.2 Å². The summed E-state index contributed by atoms with van der Waals surface area (Å²) in [6.45, 7) is 5.76. The Hall–Kier alpha value is -3.04. The maximum atomic E-state index is 13.9. The quantitative estimate of drug-likeness (QED) is 0.422. The first-order valence-electron chi connectivity index (χ1n) is 15.5. The molecule has 2 heterocycles. The van der Waals surface area contributed by atoms with E-state index in [1.165, 1.54) is 36.6 Å². The molecular formula is C34H39F3N2O4. The smallest absolute Gasteiger partial charge is 0.416 e. The predicted octanol–water partition coefficient (Wildman–Crippen LogP) is 5.60. The second kappa shape index (κ2) is 9.99. The second-order valence-corrected chi connectivity index (χ2v) is 13.4. The van der Waals surface area contributed by atoms with E-state index in [2.05, 4.69) is 11.0 Å². The van der Waals surface area contributed by atoms with E-state index >= 15 is 0 Å².